The minimum Gasteiger partial charge on any atom is -0.472 e. The summed E-state index contributed by atoms with van der Waals surface area (Å²) in [6, 6.07) is 20.5. The van der Waals surface area contributed by atoms with Crippen molar-refractivity contribution in [3.63, 3.8) is 0 Å². The van der Waals surface area contributed by atoms with Crippen molar-refractivity contribution in [3.8, 4) is 5.75 Å². The SMILES string of the molecule is Fc1ccccc1OC(Sc1c(Cl)ccc2c1CCNCC2)c1ccccc1. The summed E-state index contributed by atoms with van der Waals surface area (Å²) in [5.74, 6) is -0.130. The van der Waals surface area contributed by atoms with E-state index in [9.17, 15) is 4.39 Å². The van der Waals surface area contributed by atoms with Crippen molar-refractivity contribution < 1.29 is 9.13 Å². The molecule has 4 rings (SSSR count). The van der Waals surface area contributed by atoms with Gasteiger partial charge >= 0.3 is 0 Å². The molecule has 1 N–H and O–H groups in total. The molecule has 0 saturated heterocycles. The minimum absolute atomic E-state index is 0.240. The number of halogens is 2. The minimum atomic E-state index is -0.404. The highest BCUT2D eigenvalue weighted by molar-refractivity contribution is 7.99. The summed E-state index contributed by atoms with van der Waals surface area (Å²) in [6.45, 7) is 1.89. The van der Waals surface area contributed by atoms with Crippen LogP contribution in [0.2, 0.25) is 5.02 Å². The number of hydrogen-bond acceptors (Lipinski definition) is 3. The molecule has 0 bridgehead atoms. The third-order valence-corrected chi connectivity index (χ3v) is 6.51. The molecule has 1 heterocycles. The first-order chi connectivity index (χ1) is 13.7. The summed E-state index contributed by atoms with van der Waals surface area (Å²) in [5.41, 5.74) is 3.14. The van der Waals surface area contributed by atoms with Gasteiger partial charge in [0.25, 0.3) is 0 Å². The summed E-state index contributed by atoms with van der Waals surface area (Å²) in [6.07, 6.45) is 1.89. The molecule has 0 amide bonds. The van der Waals surface area contributed by atoms with E-state index in [0.717, 1.165) is 36.4 Å². The maximum Gasteiger partial charge on any atom is 0.174 e. The highest BCUT2D eigenvalue weighted by Gasteiger charge is 2.22. The molecular formula is C23H21ClFNOS. The lowest BCUT2D eigenvalue weighted by atomic mass is 10.0. The number of fused-ring (bicyclic) bond motifs is 1. The van der Waals surface area contributed by atoms with Crippen LogP contribution in [0.3, 0.4) is 0 Å². The molecule has 3 aromatic rings. The van der Waals surface area contributed by atoms with Gasteiger partial charge in [0.05, 0.1) is 5.02 Å². The van der Waals surface area contributed by atoms with E-state index in [2.05, 4.69) is 11.4 Å². The number of para-hydroxylation sites is 1. The monoisotopic (exact) mass is 413 g/mol. The average molecular weight is 414 g/mol. The van der Waals surface area contributed by atoms with Gasteiger partial charge in [0.2, 0.25) is 0 Å². The van der Waals surface area contributed by atoms with Gasteiger partial charge in [-0.15, -0.1) is 0 Å². The first kappa shape index (κ1) is 19.3. The van der Waals surface area contributed by atoms with Gasteiger partial charge in [-0.05, 0) is 55.3 Å². The van der Waals surface area contributed by atoms with Crippen molar-refractivity contribution >= 4 is 23.4 Å². The molecule has 2 nitrogen and oxygen atoms in total. The number of ether oxygens (including phenoxy) is 1. The van der Waals surface area contributed by atoms with Gasteiger partial charge in [-0.1, -0.05) is 71.9 Å². The smallest absolute Gasteiger partial charge is 0.174 e. The Balaban J connectivity index is 1.72. The molecule has 28 heavy (non-hydrogen) atoms. The topological polar surface area (TPSA) is 21.3 Å². The highest BCUT2D eigenvalue weighted by atomic mass is 35.5. The Hall–Kier alpha value is -2.01. The molecule has 1 aliphatic heterocycles. The van der Waals surface area contributed by atoms with Crippen LogP contribution in [0.15, 0.2) is 71.6 Å². The van der Waals surface area contributed by atoms with E-state index in [4.69, 9.17) is 16.3 Å². The number of rotatable bonds is 5. The molecule has 0 radical (unpaired) electrons. The van der Waals surface area contributed by atoms with Crippen LogP contribution in [-0.4, -0.2) is 13.1 Å². The molecule has 5 heteroatoms. The zero-order valence-corrected chi connectivity index (χ0v) is 16.9. The standard InChI is InChI=1S/C23H21ClFNOS/c24-19-11-10-16-12-14-26-15-13-18(16)22(19)28-23(17-6-2-1-3-7-17)27-21-9-5-4-8-20(21)25/h1-11,23,26H,12-15H2. The first-order valence-corrected chi connectivity index (χ1v) is 10.6. The van der Waals surface area contributed by atoms with Crippen LogP contribution in [-0.2, 0) is 12.8 Å². The van der Waals surface area contributed by atoms with Crippen molar-refractivity contribution in [2.45, 2.75) is 23.2 Å². The summed E-state index contributed by atoms with van der Waals surface area (Å²) >= 11 is 8.16. The largest absolute Gasteiger partial charge is 0.472 e. The highest BCUT2D eigenvalue weighted by Crippen LogP contribution is 2.43. The number of nitrogens with one attached hydrogen (secondary N) is 1. The molecule has 0 aromatic heterocycles. The lowest BCUT2D eigenvalue weighted by Crippen LogP contribution is -2.16. The fourth-order valence-corrected chi connectivity index (χ4v) is 4.90. The molecule has 0 fully saturated rings. The van der Waals surface area contributed by atoms with Crippen LogP contribution in [0, 0.1) is 5.82 Å². The van der Waals surface area contributed by atoms with Gasteiger partial charge < -0.3 is 10.1 Å². The van der Waals surface area contributed by atoms with E-state index >= 15 is 0 Å². The summed E-state index contributed by atoms with van der Waals surface area (Å²) < 4.78 is 20.4. The maximum absolute atomic E-state index is 14.2. The van der Waals surface area contributed by atoms with E-state index in [1.807, 2.05) is 36.4 Å². The third kappa shape index (κ3) is 4.35. The van der Waals surface area contributed by atoms with Crippen molar-refractivity contribution in [3.05, 3.63) is 94.3 Å². The van der Waals surface area contributed by atoms with Gasteiger partial charge in [-0.3, -0.25) is 0 Å². The maximum atomic E-state index is 14.2. The van der Waals surface area contributed by atoms with E-state index in [0.29, 0.717) is 5.02 Å². The van der Waals surface area contributed by atoms with Crippen LogP contribution in [0.25, 0.3) is 0 Å². The molecule has 0 spiro atoms. The quantitative estimate of drug-likeness (QED) is 0.407. The normalized spacial score (nSPS) is 14.8. The predicted molar refractivity (Wildman–Crippen MR) is 114 cm³/mol. The van der Waals surface area contributed by atoms with E-state index in [1.165, 1.54) is 17.2 Å². The molecule has 1 unspecified atom stereocenters. The Morgan fingerprint density at radius 3 is 2.50 bits per heavy atom. The molecule has 0 aliphatic carbocycles. The number of hydrogen-bond donors (Lipinski definition) is 1. The predicted octanol–water partition coefficient (Wildman–Crippen LogP) is 6.04. The van der Waals surface area contributed by atoms with E-state index < -0.39 is 5.44 Å². The lowest BCUT2D eigenvalue weighted by Gasteiger charge is -2.22. The second-order valence-electron chi connectivity index (χ2n) is 6.67. The Bertz CT molecular complexity index is 951. The van der Waals surface area contributed by atoms with Crippen molar-refractivity contribution in [2.24, 2.45) is 0 Å². The summed E-state index contributed by atoms with van der Waals surface area (Å²) in [7, 11) is 0. The molecular weight excluding hydrogens is 393 g/mol. The second kappa shape index (κ2) is 8.99. The van der Waals surface area contributed by atoms with Crippen LogP contribution < -0.4 is 10.1 Å². The molecule has 0 saturated carbocycles. The van der Waals surface area contributed by atoms with Crippen molar-refractivity contribution in [1.29, 1.82) is 0 Å². The van der Waals surface area contributed by atoms with E-state index in [1.54, 1.807) is 30.0 Å². The van der Waals surface area contributed by atoms with Gasteiger partial charge in [0, 0.05) is 10.5 Å². The van der Waals surface area contributed by atoms with Crippen LogP contribution in [0.4, 0.5) is 4.39 Å². The lowest BCUT2D eigenvalue weighted by molar-refractivity contribution is 0.280. The number of benzene rings is 3. The first-order valence-electron chi connectivity index (χ1n) is 9.36. The molecule has 1 aliphatic rings. The molecule has 144 valence electrons. The van der Waals surface area contributed by atoms with Gasteiger partial charge in [0.15, 0.2) is 17.0 Å². The molecule has 1 atom stereocenters. The fraction of sp³-hybridized carbons (Fsp3) is 0.217. The van der Waals surface area contributed by atoms with Crippen LogP contribution in [0.5, 0.6) is 5.75 Å². The third-order valence-electron chi connectivity index (χ3n) is 4.80. The van der Waals surface area contributed by atoms with Crippen LogP contribution in [0.1, 0.15) is 22.1 Å². The average Bonchev–Trinajstić information content (AvgIpc) is 2.97. The zero-order valence-electron chi connectivity index (χ0n) is 15.3. The fourth-order valence-electron chi connectivity index (χ4n) is 3.37. The summed E-state index contributed by atoms with van der Waals surface area (Å²) in [5, 5.41) is 4.15. The zero-order chi connectivity index (χ0) is 19.3. The van der Waals surface area contributed by atoms with Crippen LogP contribution >= 0.6 is 23.4 Å². The Morgan fingerprint density at radius 2 is 1.68 bits per heavy atom. The van der Waals surface area contributed by atoms with Gasteiger partial charge in [-0.25, -0.2) is 4.39 Å². The Morgan fingerprint density at radius 1 is 0.929 bits per heavy atom. The Labute approximate surface area is 174 Å². The second-order valence-corrected chi connectivity index (χ2v) is 8.15. The molecule has 3 aromatic carbocycles. The van der Waals surface area contributed by atoms with Crippen molar-refractivity contribution in [1.82, 2.24) is 5.32 Å². The van der Waals surface area contributed by atoms with Crippen molar-refractivity contribution in [2.75, 3.05) is 13.1 Å². The summed E-state index contributed by atoms with van der Waals surface area (Å²) in [4.78, 5) is 1.02. The van der Waals surface area contributed by atoms with E-state index in [-0.39, 0.29) is 11.6 Å². The Kier molecular flexibility index (Phi) is 6.20. The van der Waals surface area contributed by atoms with Gasteiger partial charge in [0.1, 0.15) is 0 Å². The van der Waals surface area contributed by atoms with Gasteiger partial charge in [-0.2, -0.15) is 0 Å². The number of thioether (sulfide) groups is 1.